The van der Waals surface area contributed by atoms with Gasteiger partial charge < -0.3 is 9.84 Å². The van der Waals surface area contributed by atoms with E-state index in [2.05, 4.69) is 25.5 Å². The normalized spacial score (nSPS) is 11.1. The van der Waals surface area contributed by atoms with Crippen LogP contribution in [0.3, 0.4) is 0 Å². The van der Waals surface area contributed by atoms with E-state index in [0.29, 0.717) is 28.9 Å². The van der Waals surface area contributed by atoms with Crippen LogP contribution in [-0.2, 0) is 13.5 Å². The van der Waals surface area contributed by atoms with E-state index in [1.54, 1.807) is 24.0 Å². The van der Waals surface area contributed by atoms with Gasteiger partial charge in [-0.05, 0) is 26.3 Å². The molecule has 3 rings (SSSR count). The van der Waals surface area contributed by atoms with Crippen LogP contribution in [0.25, 0.3) is 11.1 Å². The maximum atomic E-state index is 12.4. The first-order chi connectivity index (χ1) is 11.0. The van der Waals surface area contributed by atoms with Gasteiger partial charge in [-0.25, -0.2) is 9.97 Å². The highest BCUT2D eigenvalue weighted by Gasteiger charge is 2.17. The van der Waals surface area contributed by atoms with Crippen molar-refractivity contribution in [1.29, 1.82) is 0 Å². The monoisotopic (exact) mass is 314 g/mol. The number of hydrogen-bond donors (Lipinski definition) is 1. The molecule has 1 amide bonds. The summed E-state index contributed by atoms with van der Waals surface area (Å²) in [6.45, 7) is 4.16. The van der Waals surface area contributed by atoms with Crippen molar-refractivity contribution in [2.24, 2.45) is 7.05 Å². The number of carbonyl (C=O) groups excluding carboxylic acids is 1. The smallest absolute Gasteiger partial charge is 0.258 e. The van der Waals surface area contributed by atoms with Crippen molar-refractivity contribution in [2.45, 2.75) is 26.7 Å². The van der Waals surface area contributed by atoms with Gasteiger partial charge in [0.25, 0.3) is 11.6 Å². The number of fused-ring (bicyclic) bond motifs is 1. The molecule has 0 atom stereocenters. The van der Waals surface area contributed by atoms with Crippen molar-refractivity contribution in [2.75, 3.05) is 6.54 Å². The van der Waals surface area contributed by atoms with E-state index in [1.165, 1.54) is 0 Å². The number of nitrogens with one attached hydrogen (secondary N) is 1. The Morgan fingerprint density at radius 2 is 2.22 bits per heavy atom. The SMILES string of the molecule is Cc1cc(C(=O)NCCCc2ncn(C)n2)c2c(C)noc2n1. The fraction of sp³-hybridized carbons (Fsp3) is 0.400. The summed E-state index contributed by atoms with van der Waals surface area (Å²) in [5, 5.41) is 11.7. The summed E-state index contributed by atoms with van der Waals surface area (Å²) in [6.07, 6.45) is 3.16. The van der Waals surface area contributed by atoms with Crippen molar-refractivity contribution < 1.29 is 9.32 Å². The summed E-state index contributed by atoms with van der Waals surface area (Å²) in [5.74, 6) is 0.625. The summed E-state index contributed by atoms with van der Waals surface area (Å²) in [6, 6.07) is 1.75. The number of pyridine rings is 1. The molecule has 0 aromatic carbocycles. The molecule has 3 aromatic rings. The lowest BCUT2D eigenvalue weighted by Gasteiger charge is -2.06. The molecule has 0 aliphatic rings. The van der Waals surface area contributed by atoms with Crippen molar-refractivity contribution in [1.82, 2.24) is 30.2 Å². The van der Waals surface area contributed by atoms with Crippen LogP contribution in [-0.4, -0.2) is 37.4 Å². The average Bonchev–Trinajstić information content (AvgIpc) is 3.09. The lowest BCUT2D eigenvalue weighted by atomic mass is 10.1. The number of nitrogens with zero attached hydrogens (tertiary/aromatic N) is 5. The number of amides is 1. The molecule has 120 valence electrons. The molecule has 23 heavy (non-hydrogen) atoms. The molecule has 3 aromatic heterocycles. The summed E-state index contributed by atoms with van der Waals surface area (Å²) in [5.41, 5.74) is 2.32. The van der Waals surface area contributed by atoms with Gasteiger partial charge in [0.05, 0.1) is 16.6 Å². The van der Waals surface area contributed by atoms with Crippen LogP contribution in [0.5, 0.6) is 0 Å². The zero-order valence-electron chi connectivity index (χ0n) is 13.3. The Hall–Kier alpha value is -2.77. The summed E-state index contributed by atoms with van der Waals surface area (Å²) >= 11 is 0. The number of rotatable bonds is 5. The minimum absolute atomic E-state index is 0.152. The van der Waals surface area contributed by atoms with Crippen molar-refractivity contribution in [3.63, 3.8) is 0 Å². The number of hydrogen-bond acceptors (Lipinski definition) is 6. The van der Waals surface area contributed by atoms with Gasteiger partial charge >= 0.3 is 0 Å². The molecule has 3 heterocycles. The maximum absolute atomic E-state index is 12.4. The number of aryl methyl sites for hydroxylation is 4. The van der Waals surface area contributed by atoms with E-state index in [9.17, 15) is 4.79 Å². The van der Waals surface area contributed by atoms with Crippen LogP contribution in [0.15, 0.2) is 16.9 Å². The number of aromatic nitrogens is 5. The lowest BCUT2D eigenvalue weighted by Crippen LogP contribution is -2.25. The minimum Gasteiger partial charge on any atom is -0.352 e. The van der Waals surface area contributed by atoms with Gasteiger partial charge in [-0.15, -0.1) is 0 Å². The molecule has 0 saturated heterocycles. The van der Waals surface area contributed by atoms with Crippen molar-refractivity contribution in [3.8, 4) is 0 Å². The standard InChI is InChI=1S/C15H18N6O2/c1-9-7-11(13-10(2)20-23-15(13)18-9)14(22)16-6-4-5-12-17-8-21(3)19-12/h7-8H,4-6H2,1-3H3,(H,16,22). The molecule has 0 aliphatic carbocycles. The Bertz CT molecular complexity index is 851. The Kier molecular flexibility index (Phi) is 4.05. The van der Waals surface area contributed by atoms with Gasteiger partial charge in [0.2, 0.25) is 0 Å². The van der Waals surface area contributed by atoms with Gasteiger partial charge in [-0.2, -0.15) is 5.10 Å². The van der Waals surface area contributed by atoms with E-state index >= 15 is 0 Å². The van der Waals surface area contributed by atoms with Gasteiger partial charge in [0.15, 0.2) is 5.82 Å². The van der Waals surface area contributed by atoms with E-state index in [0.717, 1.165) is 24.4 Å². The fourth-order valence-electron chi connectivity index (χ4n) is 2.44. The Labute approximate surface area is 132 Å². The first-order valence-corrected chi connectivity index (χ1v) is 7.41. The summed E-state index contributed by atoms with van der Waals surface area (Å²) < 4.78 is 6.81. The highest BCUT2D eigenvalue weighted by atomic mass is 16.5. The molecule has 0 fully saturated rings. The van der Waals surface area contributed by atoms with E-state index in [4.69, 9.17) is 4.52 Å². The first-order valence-electron chi connectivity index (χ1n) is 7.41. The summed E-state index contributed by atoms with van der Waals surface area (Å²) in [7, 11) is 1.83. The summed E-state index contributed by atoms with van der Waals surface area (Å²) in [4.78, 5) is 20.8. The quantitative estimate of drug-likeness (QED) is 0.713. The molecule has 0 bridgehead atoms. The van der Waals surface area contributed by atoms with Gasteiger partial charge in [-0.3, -0.25) is 9.48 Å². The Morgan fingerprint density at radius 3 is 2.96 bits per heavy atom. The topological polar surface area (TPSA) is 98.7 Å². The fourth-order valence-corrected chi connectivity index (χ4v) is 2.44. The van der Waals surface area contributed by atoms with Crippen LogP contribution >= 0.6 is 0 Å². The highest BCUT2D eigenvalue weighted by molar-refractivity contribution is 6.05. The van der Waals surface area contributed by atoms with E-state index in [1.807, 2.05) is 14.0 Å². The van der Waals surface area contributed by atoms with Crippen LogP contribution in [0.2, 0.25) is 0 Å². The predicted molar refractivity (Wildman–Crippen MR) is 82.9 cm³/mol. The van der Waals surface area contributed by atoms with Gasteiger partial charge in [-0.1, -0.05) is 5.16 Å². The van der Waals surface area contributed by atoms with Crippen LogP contribution in [0.1, 0.15) is 34.0 Å². The molecule has 0 unspecified atom stereocenters. The van der Waals surface area contributed by atoms with Crippen LogP contribution in [0, 0.1) is 13.8 Å². The molecule has 0 aliphatic heterocycles. The van der Waals surface area contributed by atoms with E-state index < -0.39 is 0 Å². The van der Waals surface area contributed by atoms with Gasteiger partial charge in [0, 0.05) is 25.7 Å². The zero-order valence-corrected chi connectivity index (χ0v) is 13.3. The molecule has 1 N–H and O–H groups in total. The van der Waals surface area contributed by atoms with Gasteiger partial charge in [0.1, 0.15) is 6.33 Å². The minimum atomic E-state index is -0.152. The maximum Gasteiger partial charge on any atom is 0.258 e. The Balaban J connectivity index is 1.65. The predicted octanol–water partition coefficient (Wildman–Crippen LogP) is 1.33. The number of carbonyl (C=O) groups is 1. The Morgan fingerprint density at radius 1 is 1.39 bits per heavy atom. The zero-order chi connectivity index (χ0) is 16.4. The molecule has 0 saturated carbocycles. The third-order valence-electron chi connectivity index (χ3n) is 3.50. The third kappa shape index (κ3) is 3.20. The molecular weight excluding hydrogens is 296 g/mol. The average molecular weight is 314 g/mol. The third-order valence-corrected chi connectivity index (χ3v) is 3.50. The van der Waals surface area contributed by atoms with Crippen molar-refractivity contribution in [3.05, 3.63) is 35.2 Å². The van der Waals surface area contributed by atoms with Crippen molar-refractivity contribution >= 4 is 17.0 Å². The molecule has 0 radical (unpaired) electrons. The van der Waals surface area contributed by atoms with Crippen LogP contribution < -0.4 is 5.32 Å². The highest BCUT2D eigenvalue weighted by Crippen LogP contribution is 2.21. The second-order valence-corrected chi connectivity index (χ2v) is 5.45. The molecular formula is C15H18N6O2. The largest absolute Gasteiger partial charge is 0.352 e. The second kappa shape index (κ2) is 6.15. The molecule has 8 nitrogen and oxygen atoms in total. The molecule has 0 spiro atoms. The second-order valence-electron chi connectivity index (χ2n) is 5.45. The van der Waals surface area contributed by atoms with E-state index in [-0.39, 0.29) is 5.91 Å². The van der Waals surface area contributed by atoms with Crippen LogP contribution in [0.4, 0.5) is 0 Å². The lowest BCUT2D eigenvalue weighted by molar-refractivity contribution is 0.0954. The molecule has 8 heteroatoms. The first kappa shape index (κ1) is 15.1.